The van der Waals surface area contributed by atoms with Crippen molar-refractivity contribution in [3.05, 3.63) is 228 Å². The molecule has 0 radical (unpaired) electrons. The Bertz CT molecular complexity index is 4100. The Morgan fingerprint density at radius 3 is 1.58 bits per heavy atom. The zero-order valence-corrected chi connectivity index (χ0v) is 36.2. The monoisotopic (exact) mass is 852 g/mol. The number of fused-ring (bicyclic) bond motifs is 16. The Balaban J connectivity index is 1.09. The molecule has 1 aliphatic carbocycles. The van der Waals surface area contributed by atoms with Gasteiger partial charge in [0.05, 0.1) is 28.6 Å². The Morgan fingerprint density at radius 2 is 0.894 bits per heavy atom. The van der Waals surface area contributed by atoms with E-state index < -0.39 is 19.2 Å². The zero-order valence-electron chi connectivity index (χ0n) is 35.2. The SMILES string of the molecule is c1ccc2c(c1)-c1ccccc1C21c2ccc3c4c2-n2c5c1cccc5c1ccc[n+](c12)C41c2c(ccc4c2-n2c5c(cccc5c5ccc[n+]1c52)[Si]41c2ccccc2-c2ccccc21)O3. The number of hydrogen-bond donors (Lipinski definition) is 0. The summed E-state index contributed by atoms with van der Waals surface area (Å²) in [6.45, 7) is 0. The van der Waals surface area contributed by atoms with Gasteiger partial charge in [0.25, 0.3) is 11.3 Å². The lowest BCUT2D eigenvalue weighted by atomic mass is 9.64. The molecule has 0 saturated heterocycles. The van der Waals surface area contributed by atoms with Crippen LogP contribution < -0.4 is 34.6 Å². The topological polar surface area (TPSA) is 26.8 Å². The fourth-order valence-electron chi connectivity index (χ4n) is 15.5. The minimum atomic E-state index is -2.94. The summed E-state index contributed by atoms with van der Waals surface area (Å²) in [7, 11) is -2.94. The number of benzene rings is 8. The van der Waals surface area contributed by atoms with Gasteiger partial charge in [0.2, 0.25) is 0 Å². The maximum atomic E-state index is 7.56. The Hall–Kier alpha value is -8.32. The van der Waals surface area contributed by atoms with Crippen molar-refractivity contribution < 1.29 is 13.9 Å². The highest BCUT2D eigenvalue weighted by Crippen LogP contribution is 2.65. The molecular formula is C60H32N4OSi+2. The lowest BCUT2D eigenvalue weighted by Gasteiger charge is -2.46. The van der Waals surface area contributed by atoms with Crippen LogP contribution >= 0.6 is 0 Å². The summed E-state index contributed by atoms with van der Waals surface area (Å²) < 4.78 is 18.2. The van der Waals surface area contributed by atoms with Crippen LogP contribution in [0.2, 0.25) is 0 Å². The van der Waals surface area contributed by atoms with Crippen molar-refractivity contribution in [1.82, 2.24) is 9.13 Å². The van der Waals surface area contributed by atoms with Gasteiger partial charge < -0.3 is 4.74 Å². The Morgan fingerprint density at radius 1 is 0.379 bits per heavy atom. The molecule has 1 unspecified atom stereocenters. The molecule has 12 aromatic rings. The molecule has 6 heteroatoms. The third-order valence-corrected chi connectivity index (χ3v) is 22.2. The van der Waals surface area contributed by atoms with Gasteiger partial charge in [-0.2, -0.15) is 18.3 Å². The molecule has 1 atom stereocenters. The van der Waals surface area contributed by atoms with Gasteiger partial charge in [-0.05, 0) is 98.4 Å². The van der Waals surface area contributed by atoms with Crippen molar-refractivity contribution in [3.63, 3.8) is 0 Å². The molecule has 0 bridgehead atoms. The molecule has 3 spiro atoms. The smallest absolute Gasteiger partial charge is 0.321 e. The first-order valence-electron chi connectivity index (χ1n) is 23.2. The van der Waals surface area contributed by atoms with Gasteiger partial charge in [-0.1, -0.05) is 127 Å². The van der Waals surface area contributed by atoms with Crippen LogP contribution in [0.15, 0.2) is 194 Å². The van der Waals surface area contributed by atoms with E-state index in [-0.39, 0.29) is 0 Å². The summed E-state index contributed by atoms with van der Waals surface area (Å²) in [5, 5.41) is 10.9. The Kier molecular flexibility index (Phi) is 4.89. The third-order valence-electron chi connectivity index (χ3n) is 17.3. The van der Waals surface area contributed by atoms with E-state index in [0.717, 1.165) is 11.5 Å². The van der Waals surface area contributed by atoms with Gasteiger partial charge in [0.1, 0.15) is 39.3 Å². The summed E-state index contributed by atoms with van der Waals surface area (Å²) >= 11 is 0. The van der Waals surface area contributed by atoms with E-state index in [1.807, 2.05) is 0 Å². The number of pyridine rings is 2. The van der Waals surface area contributed by atoms with Gasteiger partial charge in [0.15, 0.2) is 13.8 Å². The van der Waals surface area contributed by atoms with Crippen molar-refractivity contribution in [2.75, 3.05) is 0 Å². The molecule has 0 fully saturated rings. The molecule has 4 aromatic heterocycles. The molecule has 7 aliphatic rings. The molecule has 5 nitrogen and oxygen atoms in total. The Labute approximate surface area is 377 Å². The third kappa shape index (κ3) is 2.85. The second-order valence-electron chi connectivity index (χ2n) is 19.4. The molecule has 66 heavy (non-hydrogen) atoms. The molecule has 19 rings (SSSR count). The number of para-hydroxylation sites is 2. The minimum Gasteiger partial charge on any atom is -0.456 e. The molecule has 6 aliphatic heterocycles. The zero-order chi connectivity index (χ0) is 42.2. The van der Waals surface area contributed by atoms with Crippen molar-refractivity contribution >= 4 is 72.7 Å². The lowest BCUT2D eigenvalue weighted by Crippen LogP contribution is -2.80. The van der Waals surface area contributed by atoms with Crippen LogP contribution in [0.1, 0.15) is 33.4 Å². The highest BCUT2D eigenvalue weighted by Gasteiger charge is 2.69. The van der Waals surface area contributed by atoms with Crippen molar-refractivity contribution in [2.45, 2.75) is 11.1 Å². The molecule has 10 heterocycles. The quantitative estimate of drug-likeness (QED) is 0.111. The highest BCUT2D eigenvalue weighted by molar-refractivity contribution is 7.23. The fourth-order valence-corrected chi connectivity index (χ4v) is 21.0. The maximum absolute atomic E-state index is 7.56. The first-order valence-corrected chi connectivity index (χ1v) is 25.2. The molecule has 0 amide bonds. The fraction of sp³-hybridized carbons (Fsp3) is 0.0333. The van der Waals surface area contributed by atoms with Crippen LogP contribution in [0.5, 0.6) is 11.5 Å². The van der Waals surface area contributed by atoms with Crippen molar-refractivity contribution in [3.8, 4) is 45.1 Å². The summed E-state index contributed by atoms with van der Waals surface area (Å²) in [6, 6.07) is 70.1. The summed E-state index contributed by atoms with van der Waals surface area (Å²) in [6.07, 6.45) is 4.74. The number of rotatable bonds is 0. The van der Waals surface area contributed by atoms with Gasteiger partial charge in [0, 0.05) is 32.3 Å². The molecule has 8 aromatic carbocycles. The standard InChI is InChI=1S/C60H32N4OSi/c1-5-21-41-33(13-1)34-14-2-6-22-42(34)59(41)43-23-9-17-37-39-19-11-31-61-57(39)63(53(37)43)55-44(59)27-28-45-51(55)60(61)52-46(65-45)29-30-50-56(52)64-54-38(40-20-12-32-62(60)58(40)64)18-10-26-49(54)66(50)47-24-7-3-15-35(47)36-16-4-8-25-48(36)66/h1-32H/q+2. The second kappa shape index (κ2) is 9.98. The molecule has 0 saturated carbocycles. The van der Waals surface area contributed by atoms with E-state index in [1.54, 1.807) is 0 Å². The van der Waals surface area contributed by atoms with E-state index in [4.69, 9.17) is 4.74 Å². The summed E-state index contributed by atoms with van der Waals surface area (Å²) in [5.41, 5.74) is 19.2. The van der Waals surface area contributed by atoms with Crippen LogP contribution in [0.25, 0.3) is 77.5 Å². The molecule has 300 valence electrons. The van der Waals surface area contributed by atoms with Crippen LogP contribution in [0.4, 0.5) is 0 Å². The van der Waals surface area contributed by atoms with Gasteiger partial charge >= 0.3 is 5.66 Å². The minimum absolute atomic E-state index is 0.565. The normalized spacial score (nSPS) is 18.1. The predicted octanol–water partition coefficient (Wildman–Crippen LogP) is 8.83. The van der Waals surface area contributed by atoms with Crippen molar-refractivity contribution in [2.24, 2.45) is 0 Å². The predicted molar refractivity (Wildman–Crippen MR) is 261 cm³/mol. The highest BCUT2D eigenvalue weighted by atomic mass is 28.3. The van der Waals surface area contributed by atoms with E-state index in [9.17, 15) is 0 Å². The van der Waals surface area contributed by atoms with Crippen LogP contribution in [-0.2, 0) is 11.1 Å². The second-order valence-corrected chi connectivity index (χ2v) is 23.1. The van der Waals surface area contributed by atoms with Crippen LogP contribution in [-0.4, -0.2) is 17.2 Å². The first-order chi connectivity index (χ1) is 32.8. The maximum Gasteiger partial charge on any atom is 0.321 e. The van der Waals surface area contributed by atoms with Gasteiger partial charge in [-0.15, -0.1) is 0 Å². The van der Waals surface area contributed by atoms with Gasteiger partial charge in [-0.25, -0.2) is 0 Å². The lowest BCUT2D eigenvalue weighted by molar-refractivity contribution is -0.954. The van der Waals surface area contributed by atoms with E-state index in [1.165, 1.54) is 132 Å². The molecule has 0 N–H and O–H groups in total. The number of aromatic nitrogens is 4. The van der Waals surface area contributed by atoms with Crippen molar-refractivity contribution in [1.29, 1.82) is 0 Å². The average molecular weight is 853 g/mol. The summed E-state index contributed by atoms with van der Waals surface area (Å²) in [5.74, 6) is 1.82. The van der Waals surface area contributed by atoms with E-state index in [0.29, 0.717) is 0 Å². The van der Waals surface area contributed by atoms with E-state index >= 15 is 0 Å². The van der Waals surface area contributed by atoms with E-state index in [2.05, 4.69) is 213 Å². The van der Waals surface area contributed by atoms with Crippen LogP contribution in [0, 0.1) is 0 Å². The summed E-state index contributed by atoms with van der Waals surface area (Å²) in [4.78, 5) is 0. The largest absolute Gasteiger partial charge is 0.456 e. The van der Waals surface area contributed by atoms with Crippen LogP contribution in [0.3, 0.4) is 0 Å². The number of hydrogen-bond acceptors (Lipinski definition) is 1. The number of ether oxygens (including phenoxy) is 1. The number of nitrogens with zero attached hydrogens (tertiary/aromatic N) is 4. The average Bonchev–Trinajstić information content (AvgIpc) is 4.09. The van der Waals surface area contributed by atoms with Gasteiger partial charge in [-0.3, -0.25) is 0 Å². The molecular weight excluding hydrogens is 821 g/mol. The first kappa shape index (κ1) is 32.4.